The van der Waals surface area contributed by atoms with Crippen molar-refractivity contribution in [3.8, 4) is 0 Å². The molecule has 1 aromatic rings. The van der Waals surface area contributed by atoms with Gasteiger partial charge in [0.05, 0.1) is 11.7 Å². The number of aliphatic hydroxyl groups is 2. The standard InChI is InChI=1S/C10H11F3N4O3/c11-10(12,13)5-3-6(9(20)15-4-5)8(19)7(18)1-2-16-17-14/h3-4,7-8,18-19H,1-2H2,(H,15,20). The van der Waals surface area contributed by atoms with Crippen LogP contribution in [0.3, 0.4) is 0 Å². The molecule has 0 radical (unpaired) electrons. The fraction of sp³-hybridized carbons (Fsp3) is 0.500. The molecule has 0 aliphatic rings. The third-order valence-electron chi connectivity index (χ3n) is 2.53. The lowest BCUT2D eigenvalue weighted by atomic mass is 10.0. The molecule has 0 aliphatic carbocycles. The summed E-state index contributed by atoms with van der Waals surface area (Å²) in [5, 5.41) is 22.3. The third kappa shape index (κ3) is 3.98. The first-order valence-corrected chi connectivity index (χ1v) is 5.44. The number of hydrogen-bond donors (Lipinski definition) is 3. The predicted octanol–water partition coefficient (Wildman–Crippen LogP) is 1.49. The largest absolute Gasteiger partial charge is 0.417 e. The van der Waals surface area contributed by atoms with Crippen molar-refractivity contribution in [3.63, 3.8) is 0 Å². The summed E-state index contributed by atoms with van der Waals surface area (Å²) in [7, 11) is 0. The van der Waals surface area contributed by atoms with Crippen LogP contribution < -0.4 is 5.56 Å². The van der Waals surface area contributed by atoms with Crippen molar-refractivity contribution in [2.24, 2.45) is 5.11 Å². The minimum absolute atomic E-state index is 0.161. The molecule has 2 atom stereocenters. The Morgan fingerprint density at radius 2 is 2.10 bits per heavy atom. The third-order valence-corrected chi connectivity index (χ3v) is 2.53. The van der Waals surface area contributed by atoms with Gasteiger partial charge in [-0.25, -0.2) is 0 Å². The number of hydrogen-bond acceptors (Lipinski definition) is 4. The topological polar surface area (TPSA) is 122 Å². The number of nitrogens with zero attached hydrogens (tertiary/aromatic N) is 3. The van der Waals surface area contributed by atoms with E-state index in [0.717, 1.165) is 0 Å². The van der Waals surface area contributed by atoms with Crippen LogP contribution >= 0.6 is 0 Å². The van der Waals surface area contributed by atoms with Crippen LogP contribution in [0.25, 0.3) is 10.4 Å². The molecule has 1 heterocycles. The number of aromatic nitrogens is 1. The summed E-state index contributed by atoms with van der Waals surface area (Å²) in [6.45, 7) is -0.161. The lowest BCUT2D eigenvalue weighted by Crippen LogP contribution is -2.27. The highest BCUT2D eigenvalue weighted by atomic mass is 19.4. The first kappa shape index (κ1) is 16.0. The molecule has 2 unspecified atom stereocenters. The Labute approximate surface area is 110 Å². The molecule has 20 heavy (non-hydrogen) atoms. The highest BCUT2D eigenvalue weighted by Gasteiger charge is 2.32. The van der Waals surface area contributed by atoms with Crippen LogP contribution in [0.4, 0.5) is 13.2 Å². The molecule has 1 rings (SSSR count). The van der Waals surface area contributed by atoms with Crippen LogP contribution in [0.15, 0.2) is 22.2 Å². The average Bonchev–Trinajstić information content (AvgIpc) is 2.37. The predicted molar refractivity (Wildman–Crippen MR) is 61.7 cm³/mol. The summed E-state index contributed by atoms with van der Waals surface area (Å²) in [5.41, 5.74) is 5.35. The Balaban J connectivity index is 2.99. The van der Waals surface area contributed by atoms with Gasteiger partial charge in [-0.1, -0.05) is 5.11 Å². The van der Waals surface area contributed by atoms with E-state index in [0.29, 0.717) is 12.3 Å². The summed E-state index contributed by atoms with van der Waals surface area (Å²) >= 11 is 0. The van der Waals surface area contributed by atoms with Gasteiger partial charge in [0.25, 0.3) is 5.56 Å². The van der Waals surface area contributed by atoms with Crippen molar-refractivity contribution in [3.05, 3.63) is 44.2 Å². The average molecular weight is 292 g/mol. The van der Waals surface area contributed by atoms with Crippen LogP contribution in [0.2, 0.25) is 0 Å². The molecular formula is C10H11F3N4O3. The normalized spacial score (nSPS) is 14.4. The maximum atomic E-state index is 12.5. The minimum Gasteiger partial charge on any atom is -0.390 e. The van der Waals surface area contributed by atoms with Crippen molar-refractivity contribution in [1.29, 1.82) is 0 Å². The number of rotatable bonds is 5. The molecular weight excluding hydrogens is 281 g/mol. The van der Waals surface area contributed by atoms with Gasteiger partial charge in [-0.15, -0.1) is 0 Å². The van der Waals surface area contributed by atoms with Crippen LogP contribution in [-0.2, 0) is 6.18 Å². The van der Waals surface area contributed by atoms with Crippen molar-refractivity contribution < 1.29 is 23.4 Å². The zero-order valence-electron chi connectivity index (χ0n) is 10.0. The Morgan fingerprint density at radius 3 is 2.65 bits per heavy atom. The van der Waals surface area contributed by atoms with Crippen LogP contribution in [0.1, 0.15) is 23.7 Å². The van der Waals surface area contributed by atoms with E-state index in [1.807, 2.05) is 4.98 Å². The van der Waals surface area contributed by atoms with E-state index in [1.165, 1.54) is 0 Å². The SMILES string of the molecule is [N-]=[N+]=NCCC(O)C(O)c1cc(C(F)(F)F)c[nH]c1=O. The number of azide groups is 1. The zero-order chi connectivity index (χ0) is 15.3. The van der Waals surface area contributed by atoms with Gasteiger partial charge in [-0.3, -0.25) is 4.79 Å². The number of H-pyrrole nitrogens is 1. The summed E-state index contributed by atoms with van der Waals surface area (Å²) in [6.07, 6.45) is -7.74. The Kier molecular flexibility index (Phi) is 5.14. The van der Waals surface area contributed by atoms with Gasteiger partial charge in [0.15, 0.2) is 0 Å². The molecule has 0 amide bonds. The van der Waals surface area contributed by atoms with E-state index in [4.69, 9.17) is 5.53 Å². The molecule has 0 saturated heterocycles. The van der Waals surface area contributed by atoms with Crippen molar-refractivity contribution in [2.45, 2.75) is 24.8 Å². The van der Waals surface area contributed by atoms with E-state index in [-0.39, 0.29) is 13.0 Å². The van der Waals surface area contributed by atoms with Crippen molar-refractivity contribution in [2.75, 3.05) is 6.54 Å². The fourth-order valence-electron chi connectivity index (χ4n) is 1.48. The van der Waals surface area contributed by atoms with Gasteiger partial charge in [0.2, 0.25) is 0 Å². The summed E-state index contributed by atoms with van der Waals surface area (Å²) in [6, 6.07) is 0.473. The maximum Gasteiger partial charge on any atom is 0.417 e. The molecule has 0 saturated carbocycles. The molecule has 0 bridgehead atoms. The minimum atomic E-state index is -4.69. The number of pyridine rings is 1. The van der Waals surface area contributed by atoms with Crippen molar-refractivity contribution >= 4 is 0 Å². The molecule has 110 valence electrons. The quantitative estimate of drug-likeness (QED) is 0.433. The number of aliphatic hydroxyl groups excluding tert-OH is 2. The van der Waals surface area contributed by atoms with Gasteiger partial charge in [0.1, 0.15) is 6.10 Å². The first-order valence-electron chi connectivity index (χ1n) is 5.44. The smallest absolute Gasteiger partial charge is 0.390 e. The number of halogens is 3. The van der Waals surface area contributed by atoms with Crippen LogP contribution in [0.5, 0.6) is 0 Å². The zero-order valence-corrected chi connectivity index (χ0v) is 10.0. The van der Waals surface area contributed by atoms with Gasteiger partial charge < -0.3 is 15.2 Å². The van der Waals surface area contributed by atoms with E-state index >= 15 is 0 Å². The van der Waals surface area contributed by atoms with Crippen LogP contribution in [0, 0.1) is 0 Å². The second-order valence-electron chi connectivity index (χ2n) is 3.93. The van der Waals surface area contributed by atoms with Gasteiger partial charge >= 0.3 is 6.18 Å². The maximum absolute atomic E-state index is 12.5. The highest BCUT2D eigenvalue weighted by Crippen LogP contribution is 2.29. The van der Waals surface area contributed by atoms with E-state index in [1.54, 1.807) is 0 Å². The Hall–Kier alpha value is -2.03. The van der Waals surface area contributed by atoms with Gasteiger partial charge in [-0.05, 0) is 18.0 Å². The monoisotopic (exact) mass is 292 g/mol. The molecule has 0 spiro atoms. The lowest BCUT2D eigenvalue weighted by Gasteiger charge is -2.17. The molecule has 1 aromatic heterocycles. The Morgan fingerprint density at radius 1 is 1.45 bits per heavy atom. The van der Waals surface area contributed by atoms with E-state index in [9.17, 15) is 28.2 Å². The van der Waals surface area contributed by atoms with E-state index in [2.05, 4.69) is 10.0 Å². The van der Waals surface area contributed by atoms with Crippen LogP contribution in [-0.4, -0.2) is 27.8 Å². The summed E-state index contributed by atoms with van der Waals surface area (Å²) < 4.78 is 37.5. The molecule has 0 aliphatic heterocycles. The fourth-order valence-corrected chi connectivity index (χ4v) is 1.48. The van der Waals surface area contributed by atoms with E-state index < -0.39 is 35.1 Å². The van der Waals surface area contributed by atoms with Gasteiger partial charge in [-0.2, -0.15) is 13.2 Å². The molecule has 0 aromatic carbocycles. The second-order valence-corrected chi connectivity index (χ2v) is 3.93. The molecule has 7 nitrogen and oxygen atoms in total. The molecule has 0 fully saturated rings. The first-order chi connectivity index (χ1) is 9.27. The number of alkyl halides is 3. The highest BCUT2D eigenvalue weighted by molar-refractivity contribution is 5.23. The Bertz CT molecular complexity index is 566. The second kappa shape index (κ2) is 6.42. The molecule has 3 N–H and O–H groups in total. The van der Waals surface area contributed by atoms with Crippen molar-refractivity contribution in [1.82, 2.24) is 4.98 Å². The number of nitrogens with one attached hydrogen (secondary N) is 1. The summed E-state index contributed by atoms with van der Waals surface area (Å²) in [4.78, 5) is 15.7. The number of aromatic amines is 1. The summed E-state index contributed by atoms with van der Waals surface area (Å²) in [5.74, 6) is 0. The van der Waals surface area contributed by atoms with Gasteiger partial charge in [0, 0.05) is 23.2 Å². The lowest BCUT2D eigenvalue weighted by molar-refractivity contribution is -0.138. The molecule has 10 heteroatoms.